The molecule has 3 N–H and O–H groups in total. The predicted octanol–water partition coefficient (Wildman–Crippen LogP) is 2.82. The third-order valence-corrected chi connectivity index (χ3v) is 4.45. The minimum atomic E-state index is -4.07. The third kappa shape index (κ3) is 4.61. The molecule has 0 amide bonds. The molecule has 2 unspecified atom stereocenters. The average molecular weight is 281 g/mol. The molecular weight excluding hydrogens is 255 g/mol. The fraction of sp³-hybridized carbons (Fsp3) is 1.00. The van der Waals surface area contributed by atoms with Crippen LogP contribution in [0.25, 0.3) is 0 Å². The number of hydrogen-bond donors (Lipinski definition) is 2. The van der Waals surface area contributed by atoms with Crippen molar-refractivity contribution in [1.82, 2.24) is 10.3 Å². The number of rotatable bonds is 7. The SMILES string of the molecule is CCC(C)(C(CCCC(F)(F)F)NN)N1CCCC1. The fourth-order valence-corrected chi connectivity index (χ4v) is 3.00. The molecule has 0 aromatic carbocycles. The monoisotopic (exact) mass is 281 g/mol. The molecule has 19 heavy (non-hydrogen) atoms. The van der Waals surface area contributed by atoms with Crippen LogP contribution in [0.2, 0.25) is 0 Å². The van der Waals surface area contributed by atoms with Crippen LogP contribution in [-0.4, -0.2) is 35.7 Å². The van der Waals surface area contributed by atoms with Gasteiger partial charge in [-0.3, -0.25) is 16.2 Å². The van der Waals surface area contributed by atoms with Crippen molar-refractivity contribution in [3.05, 3.63) is 0 Å². The number of alkyl halides is 3. The Kier molecular flexibility index (Phi) is 6.08. The highest BCUT2D eigenvalue weighted by atomic mass is 19.4. The van der Waals surface area contributed by atoms with Gasteiger partial charge in [0.15, 0.2) is 0 Å². The van der Waals surface area contributed by atoms with Crippen molar-refractivity contribution in [2.75, 3.05) is 13.1 Å². The van der Waals surface area contributed by atoms with Crippen molar-refractivity contribution < 1.29 is 13.2 Å². The number of likely N-dealkylation sites (tertiary alicyclic amines) is 1. The highest BCUT2D eigenvalue weighted by Gasteiger charge is 2.39. The smallest absolute Gasteiger partial charge is 0.296 e. The lowest BCUT2D eigenvalue weighted by molar-refractivity contribution is -0.136. The van der Waals surface area contributed by atoms with E-state index >= 15 is 0 Å². The quantitative estimate of drug-likeness (QED) is 0.557. The van der Waals surface area contributed by atoms with E-state index in [1.54, 1.807) is 0 Å². The molecule has 1 aliphatic heterocycles. The summed E-state index contributed by atoms with van der Waals surface area (Å²) >= 11 is 0. The van der Waals surface area contributed by atoms with Crippen molar-refractivity contribution >= 4 is 0 Å². The second-order valence-corrected chi connectivity index (χ2v) is 5.63. The van der Waals surface area contributed by atoms with E-state index in [0.717, 1.165) is 32.4 Å². The van der Waals surface area contributed by atoms with E-state index < -0.39 is 12.6 Å². The third-order valence-electron chi connectivity index (χ3n) is 4.45. The lowest BCUT2D eigenvalue weighted by Crippen LogP contribution is -2.60. The van der Waals surface area contributed by atoms with E-state index in [1.165, 1.54) is 0 Å². The predicted molar refractivity (Wildman–Crippen MR) is 70.5 cm³/mol. The Morgan fingerprint density at radius 3 is 2.26 bits per heavy atom. The van der Waals surface area contributed by atoms with Gasteiger partial charge < -0.3 is 0 Å². The summed E-state index contributed by atoms with van der Waals surface area (Å²) in [6, 6.07) is -0.0991. The Morgan fingerprint density at radius 2 is 1.84 bits per heavy atom. The molecule has 0 bridgehead atoms. The van der Waals surface area contributed by atoms with E-state index in [2.05, 4.69) is 24.2 Å². The molecule has 2 atom stereocenters. The fourth-order valence-electron chi connectivity index (χ4n) is 3.00. The van der Waals surface area contributed by atoms with Gasteiger partial charge in [-0.25, -0.2) is 0 Å². The first-order valence-electron chi connectivity index (χ1n) is 7.11. The van der Waals surface area contributed by atoms with Crippen LogP contribution in [0.5, 0.6) is 0 Å². The molecule has 0 spiro atoms. The second kappa shape index (κ2) is 6.90. The highest BCUT2D eigenvalue weighted by Crippen LogP contribution is 2.31. The minimum Gasteiger partial charge on any atom is -0.296 e. The van der Waals surface area contributed by atoms with Gasteiger partial charge in [-0.1, -0.05) is 6.92 Å². The maximum absolute atomic E-state index is 12.2. The van der Waals surface area contributed by atoms with Crippen molar-refractivity contribution in [3.63, 3.8) is 0 Å². The zero-order valence-electron chi connectivity index (χ0n) is 11.9. The summed E-state index contributed by atoms with van der Waals surface area (Å²) in [6.07, 6.45) is -1.02. The minimum absolute atomic E-state index is 0.0991. The zero-order chi connectivity index (χ0) is 14.5. The van der Waals surface area contributed by atoms with E-state index in [0.29, 0.717) is 6.42 Å². The molecule has 0 aromatic heterocycles. The van der Waals surface area contributed by atoms with Crippen LogP contribution >= 0.6 is 0 Å². The summed E-state index contributed by atoms with van der Waals surface area (Å²) in [7, 11) is 0. The van der Waals surface area contributed by atoms with Crippen LogP contribution in [-0.2, 0) is 0 Å². The Labute approximate surface area is 113 Å². The number of hydrogen-bond acceptors (Lipinski definition) is 3. The first-order chi connectivity index (χ1) is 8.83. The molecule has 1 rings (SSSR count). The summed E-state index contributed by atoms with van der Waals surface area (Å²) in [6.45, 7) is 6.21. The molecule has 1 fully saturated rings. The van der Waals surface area contributed by atoms with E-state index in [-0.39, 0.29) is 18.0 Å². The van der Waals surface area contributed by atoms with Gasteiger partial charge >= 0.3 is 6.18 Å². The standard InChI is InChI=1S/C13H26F3N3/c1-3-12(2,19-9-4-5-10-19)11(18-17)7-6-8-13(14,15)16/h11,18H,3-10,17H2,1-2H3. The van der Waals surface area contributed by atoms with Gasteiger partial charge in [0, 0.05) is 18.0 Å². The Balaban J connectivity index is 2.59. The molecule has 1 heterocycles. The number of nitrogens with one attached hydrogen (secondary N) is 1. The Morgan fingerprint density at radius 1 is 1.26 bits per heavy atom. The number of nitrogens with two attached hydrogens (primary N) is 1. The van der Waals surface area contributed by atoms with Crippen molar-refractivity contribution in [1.29, 1.82) is 0 Å². The maximum atomic E-state index is 12.2. The molecular formula is C13H26F3N3. The van der Waals surface area contributed by atoms with E-state index in [9.17, 15) is 13.2 Å². The second-order valence-electron chi connectivity index (χ2n) is 5.63. The van der Waals surface area contributed by atoms with E-state index in [1.807, 2.05) is 0 Å². The molecule has 114 valence electrons. The van der Waals surface area contributed by atoms with Gasteiger partial charge in [0.05, 0.1) is 0 Å². The van der Waals surface area contributed by atoms with E-state index in [4.69, 9.17) is 5.84 Å². The number of halogens is 3. The van der Waals surface area contributed by atoms with Crippen molar-refractivity contribution in [3.8, 4) is 0 Å². The van der Waals surface area contributed by atoms with Crippen LogP contribution in [0.15, 0.2) is 0 Å². The molecule has 0 saturated carbocycles. The summed E-state index contributed by atoms with van der Waals surface area (Å²) < 4.78 is 36.7. The largest absolute Gasteiger partial charge is 0.389 e. The molecule has 6 heteroatoms. The first kappa shape index (κ1) is 16.7. The Hall–Kier alpha value is -0.330. The summed E-state index contributed by atoms with van der Waals surface area (Å²) in [5.41, 5.74) is 2.59. The van der Waals surface area contributed by atoms with Crippen LogP contribution in [0.4, 0.5) is 13.2 Å². The van der Waals surface area contributed by atoms with Gasteiger partial charge in [0.1, 0.15) is 0 Å². The Bertz CT molecular complexity index is 264. The van der Waals surface area contributed by atoms with Gasteiger partial charge in [-0.2, -0.15) is 13.2 Å². The molecule has 0 aliphatic carbocycles. The lowest BCUT2D eigenvalue weighted by atomic mass is 9.84. The van der Waals surface area contributed by atoms with Gasteiger partial charge in [0.2, 0.25) is 0 Å². The zero-order valence-corrected chi connectivity index (χ0v) is 11.9. The average Bonchev–Trinajstić information content (AvgIpc) is 2.86. The van der Waals surface area contributed by atoms with Crippen molar-refractivity contribution in [2.45, 2.75) is 70.1 Å². The maximum Gasteiger partial charge on any atom is 0.389 e. The molecule has 1 aliphatic rings. The number of hydrazine groups is 1. The molecule has 1 saturated heterocycles. The first-order valence-corrected chi connectivity index (χ1v) is 7.11. The summed E-state index contributed by atoms with van der Waals surface area (Å²) in [4.78, 5) is 2.37. The molecule has 0 aromatic rings. The van der Waals surface area contributed by atoms with Crippen LogP contribution in [0.3, 0.4) is 0 Å². The van der Waals surface area contributed by atoms with Crippen LogP contribution in [0, 0.1) is 0 Å². The van der Waals surface area contributed by atoms with Crippen LogP contribution in [0.1, 0.15) is 52.4 Å². The van der Waals surface area contributed by atoms with Gasteiger partial charge in [-0.15, -0.1) is 0 Å². The van der Waals surface area contributed by atoms with Crippen LogP contribution < -0.4 is 11.3 Å². The van der Waals surface area contributed by atoms with Gasteiger partial charge in [-0.05, 0) is 52.1 Å². The molecule has 0 radical (unpaired) electrons. The summed E-state index contributed by atoms with van der Waals surface area (Å²) in [5, 5.41) is 0. The van der Waals surface area contributed by atoms with Crippen molar-refractivity contribution in [2.24, 2.45) is 5.84 Å². The molecule has 3 nitrogen and oxygen atoms in total. The van der Waals surface area contributed by atoms with Gasteiger partial charge in [0.25, 0.3) is 0 Å². The highest BCUT2D eigenvalue weighted by molar-refractivity contribution is 4.97. The lowest BCUT2D eigenvalue weighted by Gasteiger charge is -2.44. The number of nitrogens with zero attached hydrogens (tertiary/aromatic N) is 1. The normalized spacial score (nSPS) is 22.4. The topological polar surface area (TPSA) is 41.3 Å². The summed E-state index contributed by atoms with van der Waals surface area (Å²) in [5.74, 6) is 5.59.